The Morgan fingerprint density at radius 1 is 1.35 bits per heavy atom. The van der Waals surface area contributed by atoms with E-state index in [1.807, 2.05) is 20.8 Å². The highest BCUT2D eigenvalue weighted by molar-refractivity contribution is 5.82. The fourth-order valence-electron chi connectivity index (χ4n) is 2.61. The summed E-state index contributed by atoms with van der Waals surface area (Å²) in [6, 6.07) is -0.481. The van der Waals surface area contributed by atoms with Crippen molar-refractivity contribution >= 4 is 5.91 Å². The number of hydrogen-bond donors (Lipinski definition) is 1. The van der Waals surface area contributed by atoms with Gasteiger partial charge in [-0.25, -0.2) is 8.78 Å². The highest BCUT2D eigenvalue weighted by atomic mass is 19.3. The Bertz CT molecular complexity index is 315. The summed E-state index contributed by atoms with van der Waals surface area (Å²) in [5, 5.41) is 0. The number of piperazine rings is 1. The van der Waals surface area contributed by atoms with Crippen molar-refractivity contribution in [3.05, 3.63) is 0 Å². The summed E-state index contributed by atoms with van der Waals surface area (Å²) in [4.78, 5) is 15.8. The van der Waals surface area contributed by atoms with Gasteiger partial charge in [0.2, 0.25) is 5.91 Å². The third kappa shape index (κ3) is 4.38. The molecule has 0 aliphatic carbocycles. The monoisotopic (exact) mass is 291 g/mol. The lowest BCUT2D eigenvalue weighted by Gasteiger charge is -2.42. The van der Waals surface area contributed by atoms with Crippen molar-refractivity contribution in [1.82, 2.24) is 9.80 Å². The van der Waals surface area contributed by atoms with Crippen LogP contribution in [-0.4, -0.2) is 60.4 Å². The average molecular weight is 291 g/mol. The number of hydrogen-bond acceptors (Lipinski definition) is 3. The first kappa shape index (κ1) is 17.3. The van der Waals surface area contributed by atoms with Gasteiger partial charge in [-0.1, -0.05) is 27.2 Å². The van der Waals surface area contributed by atoms with Crippen LogP contribution in [0.3, 0.4) is 0 Å². The highest BCUT2D eigenvalue weighted by Gasteiger charge is 2.32. The van der Waals surface area contributed by atoms with E-state index in [1.54, 1.807) is 9.80 Å². The summed E-state index contributed by atoms with van der Waals surface area (Å²) in [7, 11) is 0. The molecule has 0 radical (unpaired) electrons. The van der Waals surface area contributed by atoms with Crippen molar-refractivity contribution in [2.24, 2.45) is 11.7 Å². The Hall–Kier alpha value is -0.750. The number of rotatable bonds is 6. The topological polar surface area (TPSA) is 49.6 Å². The summed E-state index contributed by atoms with van der Waals surface area (Å²) in [6.07, 6.45) is -0.710. The van der Waals surface area contributed by atoms with Crippen LogP contribution in [0.1, 0.15) is 33.6 Å². The minimum absolute atomic E-state index is 0.00540. The lowest BCUT2D eigenvalue weighted by molar-refractivity contribution is -0.137. The van der Waals surface area contributed by atoms with Crippen LogP contribution in [0.5, 0.6) is 0 Å². The van der Waals surface area contributed by atoms with E-state index in [4.69, 9.17) is 5.73 Å². The number of amides is 1. The zero-order valence-corrected chi connectivity index (χ0v) is 12.7. The Kier molecular flexibility index (Phi) is 6.82. The zero-order chi connectivity index (χ0) is 15.3. The molecule has 0 bridgehead atoms. The molecule has 0 aromatic heterocycles. The normalized spacial score (nSPS) is 23.9. The van der Waals surface area contributed by atoms with Gasteiger partial charge in [-0.3, -0.25) is 9.69 Å². The van der Waals surface area contributed by atoms with Crippen molar-refractivity contribution in [2.45, 2.75) is 52.1 Å². The molecule has 1 heterocycles. The van der Waals surface area contributed by atoms with E-state index in [2.05, 4.69) is 0 Å². The molecule has 0 aromatic carbocycles. The van der Waals surface area contributed by atoms with Crippen molar-refractivity contribution in [1.29, 1.82) is 0 Å². The lowest BCUT2D eigenvalue weighted by Crippen LogP contribution is -2.58. The van der Waals surface area contributed by atoms with Crippen LogP contribution in [-0.2, 0) is 4.79 Å². The molecule has 4 nitrogen and oxygen atoms in total. The van der Waals surface area contributed by atoms with Gasteiger partial charge in [-0.2, -0.15) is 0 Å². The zero-order valence-electron chi connectivity index (χ0n) is 12.7. The van der Waals surface area contributed by atoms with E-state index in [0.717, 1.165) is 12.8 Å². The molecular formula is C14H27F2N3O. The molecule has 0 unspecified atom stereocenters. The molecule has 0 saturated carbocycles. The number of nitrogens with two attached hydrogens (primary N) is 1. The van der Waals surface area contributed by atoms with Crippen LogP contribution in [0.2, 0.25) is 0 Å². The van der Waals surface area contributed by atoms with Crippen LogP contribution in [0, 0.1) is 5.92 Å². The van der Waals surface area contributed by atoms with Crippen LogP contribution < -0.4 is 5.73 Å². The maximum atomic E-state index is 12.5. The lowest BCUT2D eigenvalue weighted by atomic mass is 9.98. The summed E-state index contributed by atoms with van der Waals surface area (Å²) in [5.41, 5.74) is 5.98. The third-order valence-corrected chi connectivity index (χ3v) is 4.30. The Labute approximate surface area is 120 Å². The molecule has 2 N–H and O–H groups in total. The Morgan fingerprint density at radius 2 is 2.00 bits per heavy atom. The maximum absolute atomic E-state index is 12.5. The van der Waals surface area contributed by atoms with Crippen molar-refractivity contribution in [3.63, 3.8) is 0 Å². The van der Waals surface area contributed by atoms with Gasteiger partial charge in [-0.15, -0.1) is 0 Å². The predicted molar refractivity (Wildman–Crippen MR) is 75.7 cm³/mol. The smallest absolute Gasteiger partial charge is 0.251 e. The average Bonchev–Trinajstić information content (AvgIpc) is 2.44. The molecule has 3 atom stereocenters. The summed E-state index contributed by atoms with van der Waals surface area (Å²) < 4.78 is 25.0. The number of halogens is 2. The Morgan fingerprint density at radius 3 is 2.50 bits per heavy atom. The molecule has 0 spiro atoms. The third-order valence-electron chi connectivity index (χ3n) is 4.30. The maximum Gasteiger partial charge on any atom is 0.251 e. The summed E-state index contributed by atoms with van der Waals surface area (Å²) in [6.45, 7) is 7.23. The van der Waals surface area contributed by atoms with Crippen LogP contribution in [0.15, 0.2) is 0 Å². The van der Waals surface area contributed by atoms with E-state index in [9.17, 15) is 13.6 Å². The molecule has 118 valence electrons. The van der Waals surface area contributed by atoms with Crippen LogP contribution >= 0.6 is 0 Å². The van der Waals surface area contributed by atoms with Crippen molar-refractivity contribution in [2.75, 3.05) is 26.2 Å². The molecule has 1 rings (SSSR count). The minimum Gasteiger partial charge on any atom is -0.338 e. The summed E-state index contributed by atoms with van der Waals surface area (Å²) >= 11 is 0. The van der Waals surface area contributed by atoms with E-state index >= 15 is 0 Å². The van der Waals surface area contributed by atoms with E-state index in [-0.39, 0.29) is 24.4 Å². The standard InChI is InChI=1S/C14H27F2N3O/c1-4-10(3)13(17)14(20)19-7-6-18(9-12(15)16)11(5-2)8-19/h10-13H,4-9,17H2,1-3H3/t10-,11+,13+/m0/s1. The molecule has 1 amide bonds. The first-order valence-corrected chi connectivity index (χ1v) is 7.47. The fraction of sp³-hybridized carbons (Fsp3) is 0.929. The largest absolute Gasteiger partial charge is 0.338 e. The van der Waals surface area contributed by atoms with Gasteiger partial charge in [0.15, 0.2) is 0 Å². The minimum atomic E-state index is -2.33. The second-order valence-corrected chi connectivity index (χ2v) is 5.64. The molecule has 0 aromatic rings. The number of nitrogens with zero attached hydrogens (tertiary/aromatic N) is 2. The van der Waals surface area contributed by atoms with Gasteiger partial charge >= 0.3 is 0 Å². The molecule has 1 aliphatic heterocycles. The van der Waals surface area contributed by atoms with E-state index < -0.39 is 12.5 Å². The van der Waals surface area contributed by atoms with Crippen molar-refractivity contribution in [3.8, 4) is 0 Å². The number of alkyl halides is 2. The SMILES string of the molecule is CC[C@@H]1CN(C(=O)[C@H](N)[C@@H](C)CC)CCN1CC(F)F. The van der Waals surface area contributed by atoms with Crippen LogP contribution in [0.4, 0.5) is 8.78 Å². The van der Waals surface area contributed by atoms with Crippen LogP contribution in [0.25, 0.3) is 0 Å². The van der Waals surface area contributed by atoms with Crippen molar-refractivity contribution < 1.29 is 13.6 Å². The Balaban J connectivity index is 2.61. The van der Waals surface area contributed by atoms with Gasteiger partial charge in [-0.05, 0) is 12.3 Å². The van der Waals surface area contributed by atoms with Gasteiger partial charge in [0.05, 0.1) is 12.6 Å². The highest BCUT2D eigenvalue weighted by Crippen LogP contribution is 2.17. The number of carbonyl (C=O) groups is 1. The first-order chi connectivity index (χ1) is 9.40. The quantitative estimate of drug-likeness (QED) is 0.808. The van der Waals surface area contributed by atoms with Gasteiger partial charge in [0.25, 0.3) is 6.43 Å². The molecule has 1 aliphatic rings. The molecular weight excluding hydrogens is 264 g/mol. The fourth-order valence-corrected chi connectivity index (χ4v) is 2.61. The first-order valence-electron chi connectivity index (χ1n) is 7.47. The second-order valence-electron chi connectivity index (χ2n) is 5.64. The predicted octanol–water partition coefficient (Wildman–Crippen LogP) is 1.55. The van der Waals surface area contributed by atoms with Gasteiger partial charge in [0.1, 0.15) is 0 Å². The second kappa shape index (κ2) is 7.88. The number of carbonyl (C=O) groups excluding carboxylic acids is 1. The molecule has 6 heteroatoms. The molecule has 20 heavy (non-hydrogen) atoms. The summed E-state index contributed by atoms with van der Waals surface area (Å²) in [5.74, 6) is 0.0937. The molecule has 1 fully saturated rings. The van der Waals surface area contributed by atoms with E-state index in [0.29, 0.717) is 19.6 Å². The van der Waals surface area contributed by atoms with E-state index in [1.165, 1.54) is 0 Å². The molecule has 1 saturated heterocycles. The van der Waals surface area contributed by atoms with Gasteiger partial charge in [0, 0.05) is 25.7 Å². The van der Waals surface area contributed by atoms with Gasteiger partial charge < -0.3 is 10.6 Å².